The number of rotatable bonds is 2. The molecule has 0 saturated carbocycles. The molecular formula is C22H16O4. The molecule has 0 amide bonds. The fourth-order valence-corrected chi connectivity index (χ4v) is 3.17. The first kappa shape index (κ1) is 16.0. The SMILES string of the molecule is Cc1ccccc1-c1oc2cc(O)cc(O)c2c(=O)c1-c1ccccc1. The number of fused-ring (bicyclic) bond motifs is 1. The molecule has 0 atom stereocenters. The molecule has 0 fully saturated rings. The summed E-state index contributed by atoms with van der Waals surface area (Å²) in [5, 5.41) is 20.0. The van der Waals surface area contributed by atoms with Crippen LogP contribution >= 0.6 is 0 Å². The van der Waals surface area contributed by atoms with Crippen molar-refractivity contribution in [2.45, 2.75) is 6.92 Å². The number of aryl methyl sites for hydroxylation is 1. The number of aromatic hydroxyl groups is 2. The Labute approximate surface area is 149 Å². The van der Waals surface area contributed by atoms with Crippen molar-refractivity contribution < 1.29 is 14.6 Å². The minimum Gasteiger partial charge on any atom is -0.508 e. The highest BCUT2D eigenvalue weighted by atomic mass is 16.3. The van der Waals surface area contributed by atoms with E-state index < -0.39 is 0 Å². The Morgan fingerprint density at radius 2 is 1.58 bits per heavy atom. The normalized spacial score (nSPS) is 11.0. The van der Waals surface area contributed by atoms with Crippen molar-refractivity contribution in [1.82, 2.24) is 0 Å². The third kappa shape index (κ3) is 2.52. The van der Waals surface area contributed by atoms with Gasteiger partial charge in [-0.1, -0.05) is 54.6 Å². The zero-order valence-corrected chi connectivity index (χ0v) is 14.1. The van der Waals surface area contributed by atoms with E-state index in [0.29, 0.717) is 16.9 Å². The van der Waals surface area contributed by atoms with Crippen LogP contribution in [0, 0.1) is 6.92 Å². The molecule has 0 spiro atoms. The van der Waals surface area contributed by atoms with Crippen LogP contribution in [0.2, 0.25) is 0 Å². The first-order valence-corrected chi connectivity index (χ1v) is 8.20. The van der Waals surface area contributed by atoms with Crippen molar-refractivity contribution in [3.05, 3.63) is 82.5 Å². The third-order valence-electron chi connectivity index (χ3n) is 4.41. The van der Waals surface area contributed by atoms with Gasteiger partial charge in [0.15, 0.2) is 0 Å². The zero-order valence-electron chi connectivity index (χ0n) is 14.1. The summed E-state index contributed by atoms with van der Waals surface area (Å²) in [5.74, 6) is -0.0552. The molecule has 3 aromatic carbocycles. The molecule has 4 heteroatoms. The van der Waals surface area contributed by atoms with E-state index in [1.807, 2.05) is 61.5 Å². The summed E-state index contributed by atoms with van der Waals surface area (Å²) >= 11 is 0. The van der Waals surface area contributed by atoms with Crippen molar-refractivity contribution in [2.24, 2.45) is 0 Å². The molecular weight excluding hydrogens is 328 g/mol. The van der Waals surface area contributed by atoms with E-state index in [0.717, 1.165) is 17.2 Å². The lowest BCUT2D eigenvalue weighted by atomic mass is 9.96. The van der Waals surface area contributed by atoms with E-state index in [-0.39, 0.29) is 27.9 Å². The molecule has 2 N–H and O–H groups in total. The van der Waals surface area contributed by atoms with Gasteiger partial charge in [0.05, 0.1) is 5.56 Å². The Bertz CT molecular complexity index is 1170. The van der Waals surface area contributed by atoms with Crippen LogP contribution in [0.15, 0.2) is 75.9 Å². The van der Waals surface area contributed by atoms with Gasteiger partial charge in [0.2, 0.25) is 5.43 Å². The minimum atomic E-state index is -0.340. The molecule has 1 heterocycles. The maximum absolute atomic E-state index is 13.3. The van der Waals surface area contributed by atoms with Crippen molar-refractivity contribution in [3.8, 4) is 33.9 Å². The van der Waals surface area contributed by atoms with Gasteiger partial charge in [0.25, 0.3) is 0 Å². The molecule has 4 aromatic rings. The minimum absolute atomic E-state index is 0.0546. The Balaban J connectivity index is 2.19. The van der Waals surface area contributed by atoms with Crippen LogP contribution in [0.1, 0.15) is 5.56 Å². The van der Waals surface area contributed by atoms with Crippen molar-refractivity contribution in [3.63, 3.8) is 0 Å². The summed E-state index contributed by atoms with van der Waals surface area (Å²) < 4.78 is 6.04. The third-order valence-corrected chi connectivity index (χ3v) is 4.41. The van der Waals surface area contributed by atoms with Gasteiger partial charge in [-0.05, 0) is 18.1 Å². The largest absolute Gasteiger partial charge is 0.508 e. The molecule has 0 aliphatic carbocycles. The highest BCUT2D eigenvalue weighted by Gasteiger charge is 2.21. The average molecular weight is 344 g/mol. The van der Waals surface area contributed by atoms with Crippen LogP contribution in [0.3, 0.4) is 0 Å². The topological polar surface area (TPSA) is 70.7 Å². The lowest BCUT2D eigenvalue weighted by Gasteiger charge is -2.13. The number of hydrogen-bond acceptors (Lipinski definition) is 4. The van der Waals surface area contributed by atoms with Crippen LogP contribution in [0.5, 0.6) is 11.5 Å². The van der Waals surface area contributed by atoms with Crippen molar-refractivity contribution in [1.29, 1.82) is 0 Å². The van der Waals surface area contributed by atoms with Crippen LogP contribution in [0.4, 0.5) is 0 Å². The van der Waals surface area contributed by atoms with Crippen molar-refractivity contribution in [2.75, 3.05) is 0 Å². The quantitative estimate of drug-likeness (QED) is 0.545. The maximum atomic E-state index is 13.3. The van der Waals surface area contributed by atoms with Gasteiger partial charge in [-0.3, -0.25) is 4.79 Å². The summed E-state index contributed by atoms with van der Waals surface area (Å²) in [6.07, 6.45) is 0. The molecule has 0 aliphatic heterocycles. The van der Waals surface area contributed by atoms with Crippen LogP contribution < -0.4 is 5.43 Å². The fraction of sp³-hybridized carbons (Fsp3) is 0.0455. The molecule has 0 aliphatic rings. The Morgan fingerprint density at radius 3 is 2.31 bits per heavy atom. The summed E-state index contributed by atoms with van der Waals surface area (Å²) in [7, 11) is 0. The first-order chi connectivity index (χ1) is 12.6. The molecule has 0 radical (unpaired) electrons. The molecule has 0 bridgehead atoms. The molecule has 26 heavy (non-hydrogen) atoms. The maximum Gasteiger partial charge on any atom is 0.204 e. The van der Waals surface area contributed by atoms with Crippen LogP contribution in [-0.2, 0) is 0 Å². The number of hydrogen-bond donors (Lipinski definition) is 2. The molecule has 1 aromatic heterocycles. The predicted octanol–water partition coefficient (Wildman–Crippen LogP) is 4.85. The average Bonchev–Trinajstić information content (AvgIpc) is 2.62. The van der Waals surface area contributed by atoms with E-state index in [2.05, 4.69) is 0 Å². The number of benzene rings is 3. The Kier molecular flexibility index (Phi) is 3.73. The van der Waals surface area contributed by atoms with Gasteiger partial charge >= 0.3 is 0 Å². The lowest BCUT2D eigenvalue weighted by Crippen LogP contribution is -2.08. The zero-order chi connectivity index (χ0) is 18.3. The van der Waals surface area contributed by atoms with E-state index in [1.54, 1.807) is 0 Å². The van der Waals surface area contributed by atoms with Gasteiger partial charge in [-0.2, -0.15) is 0 Å². The highest BCUT2D eigenvalue weighted by Crippen LogP contribution is 2.37. The van der Waals surface area contributed by atoms with Gasteiger partial charge in [0.1, 0.15) is 28.2 Å². The van der Waals surface area contributed by atoms with E-state index >= 15 is 0 Å². The summed E-state index contributed by atoms with van der Waals surface area (Å²) in [4.78, 5) is 13.3. The molecule has 0 unspecified atom stereocenters. The molecule has 4 rings (SSSR count). The smallest absolute Gasteiger partial charge is 0.204 e. The van der Waals surface area contributed by atoms with Crippen molar-refractivity contribution >= 4 is 11.0 Å². The van der Waals surface area contributed by atoms with E-state index in [4.69, 9.17) is 4.42 Å². The second kappa shape index (κ2) is 6.08. The first-order valence-electron chi connectivity index (χ1n) is 8.20. The summed E-state index contributed by atoms with van der Waals surface area (Å²) in [6.45, 7) is 1.94. The fourth-order valence-electron chi connectivity index (χ4n) is 3.17. The second-order valence-electron chi connectivity index (χ2n) is 6.15. The van der Waals surface area contributed by atoms with Crippen LogP contribution in [0.25, 0.3) is 33.4 Å². The van der Waals surface area contributed by atoms with Gasteiger partial charge in [-0.25, -0.2) is 0 Å². The van der Waals surface area contributed by atoms with Gasteiger partial charge < -0.3 is 14.6 Å². The summed E-state index contributed by atoms with van der Waals surface area (Å²) in [6, 6.07) is 19.3. The Morgan fingerprint density at radius 1 is 0.885 bits per heavy atom. The number of phenolic OH excluding ortho intramolecular Hbond substituents is 2. The molecule has 128 valence electrons. The predicted molar refractivity (Wildman–Crippen MR) is 101 cm³/mol. The second-order valence-corrected chi connectivity index (χ2v) is 6.15. The van der Waals surface area contributed by atoms with E-state index in [9.17, 15) is 15.0 Å². The monoisotopic (exact) mass is 344 g/mol. The molecule has 4 nitrogen and oxygen atoms in total. The summed E-state index contributed by atoms with van der Waals surface area (Å²) in [5.41, 5.74) is 2.63. The highest BCUT2D eigenvalue weighted by molar-refractivity contribution is 5.93. The van der Waals surface area contributed by atoms with Gasteiger partial charge in [-0.15, -0.1) is 0 Å². The van der Waals surface area contributed by atoms with Crippen LogP contribution in [-0.4, -0.2) is 10.2 Å². The van der Waals surface area contributed by atoms with Gasteiger partial charge in [0, 0.05) is 17.7 Å². The van der Waals surface area contributed by atoms with E-state index in [1.165, 1.54) is 6.07 Å². The number of phenols is 2. The molecule has 0 saturated heterocycles. The lowest BCUT2D eigenvalue weighted by molar-refractivity contribution is 0.452. The standard InChI is InChI=1S/C22H16O4/c1-13-7-5-6-10-16(13)22-19(14-8-3-2-4-9-14)21(25)20-17(24)11-15(23)12-18(20)26-22/h2-12,23-24H,1H3. The Hall–Kier alpha value is -3.53.